The molecule has 0 amide bonds. The average Bonchev–Trinajstić information content (AvgIpc) is 3.00. The highest BCUT2D eigenvalue weighted by atomic mass is 19.1. The lowest BCUT2D eigenvalue weighted by Gasteiger charge is -2.14. The standard InChI is InChI=1S/C18H17FO2/c19-16-7-5-14(6-8-16)15-9-13(12-20)10-18(11-15)21-17-3-1-2-4-17/h5-12,17H,1-4H2. The van der Waals surface area contributed by atoms with Gasteiger partial charge in [0.2, 0.25) is 0 Å². The van der Waals surface area contributed by atoms with Crippen molar-refractivity contribution >= 4 is 6.29 Å². The van der Waals surface area contributed by atoms with E-state index in [4.69, 9.17) is 4.74 Å². The van der Waals surface area contributed by atoms with Gasteiger partial charge in [0.15, 0.2) is 0 Å². The van der Waals surface area contributed by atoms with Crippen LogP contribution in [0.5, 0.6) is 5.75 Å². The second-order valence-electron chi connectivity index (χ2n) is 5.44. The monoisotopic (exact) mass is 284 g/mol. The second kappa shape index (κ2) is 6.08. The van der Waals surface area contributed by atoms with Gasteiger partial charge in [0.05, 0.1) is 6.10 Å². The Balaban J connectivity index is 1.92. The molecule has 0 atom stereocenters. The van der Waals surface area contributed by atoms with Gasteiger partial charge in [-0.3, -0.25) is 4.79 Å². The highest BCUT2D eigenvalue weighted by Gasteiger charge is 2.17. The van der Waals surface area contributed by atoms with Crippen LogP contribution in [0.15, 0.2) is 42.5 Å². The van der Waals surface area contributed by atoms with Crippen LogP contribution in [0.1, 0.15) is 36.0 Å². The van der Waals surface area contributed by atoms with Gasteiger partial charge in [-0.2, -0.15) is 0 Å². The molecule has 21 heavy (non-hydrogen) atoms. The fourth-order valence-corrected chi connectivity index (χ4v) is 2.77. The van der Waals surface area contributed by atoms with Crippen LogP contribution in [-0.4, -0.2) is 12.4 Å². The molecule has 2 aromatic carbocycles. The van der Waals surface area contributed by atoms with Crippen molar-refractivity contribution in [3.8, 4) is 16.9 Å². The Kier molecular flexibility index (Phi) is 4.00. The van der Waals surface area contributed by atoms with E-state index in [1.54, 1.807) is 24.3 Å². The zero-order valence-corrected chi connectivity index (χ0v) is 11.7. The van der Waals surface area contributed by atoms with Crippen LogP contribution in [0.3, 0.4) is 0 Å². The van der Waals surface area contributed by atoms with Crippen LogP contribution in [0.4, 0.5) is 4.39 Å². The minimum absolute atomic E-state index is 0.243. The largest absolute Gasteiger partial charge is 0.490 e. The molecule has 1 fully saturated rings. The van der Waals surface area contributed by atoms with Crippen LogP contribution >= 0.6 is 0 Å². The fourth-order valence-electron chi connectivity index (χ4n) is 2.77. The maximum atomic E-state index is 13.0. The van der Waals surface area contributed by atoms with Crippen LogP contribution in [0, 0.1) is 5.82 Å². The van der Waals surface area contributed by atoms with Gasteiger partial charge in [-0.1, -0.05) is 12.1 Å². The highest BCUT2D eigenvalue weighted by Crippen LogP contribution is 2.29. The Morgan fingerprint density at radius 3 is 2.38 bits per heavy atom. The van der Waals surface area contributed by atoms with Crippen LogP contribution in [0.2, 0.25) is 0 Å². The molecule has 0 unspecified atom stereocenters. The third-order valence-electron chi connectivity index (χ3n) is 3.85. The summed E-state index contributed by atoms with van der Waals surface area (Å²) in [6.07, 6.45) is 5.59. The normalized spacial score (nSPS) is 15.1. The quantitative estimate of drug-likeness (QED) is 0.765. The molecule has 2 nitrogen and oxygen atoms in total. The Labute approximate surface area is 123 Å². The molecule has 0 saturated heterocycles. The fraction of sp³-hybridized carbons (Fsp3) is 0.278. The number of carbonyl (C=O) groups is 1. The van der Waals surface area contributed by atoms with Gasteiger partial charge in [-0.05, 0) is 67.1 Å². The smallest absolute Gasteiger partial charge is 0.150 e. The number of hydrogen-bond donors (Lipinski definition) is 0. The predicted molar refractivity (Wildman–Crippen MR) is 80.1 cm³/mol. The van der Waals surface area contributed by atoms with E-state index >= 15 is 0 Å². The van der Waals surface area contributed by atoms with Gasteiger partial charge in [-0.15, -0.1) is 0 Å². The molecular formula is C18H17FO2. The van der Waals surface area contributed by atoms with Crippen molar-refractivity contribution in [2.24, 2.45) is 0 Å². The summed E-state index contributed by atoms with van der Waals surface area (Å²) in [6, 6.07) is 11.7. The molecule has 0 bridgehead atoms. The molecule has 3 heteroatoms. The van der Waals surface area contributed by atoms with Gasteiger partial charge in [0.25, 0.3) is 0 Å². The lowest BCUT2D eigenvalue weighted by molar-refractivity contribution is 0.112. The van der Waals surface area contributed by atoms with Crippen molar-refractivity contribution in [2.75, 3.05) is 0 Å². The number of ether oxygens (including phenoxy) is 1. The number of hydrogen-bond acceptors (Lipinski definition) is 2. The van der Waals surface area contributed by atoms with Crippen molar-refractivity contribution in [3.05, 3.63) is 53.8 Å². The number of halogens is 1. The summed E-state index contributed by atoms with van der Waals surface area (Å²) in [7, 11) is 0. The minimum Gasteiger partial charge on any atom is -0.490 e. The molecule has 1 aliphatic rings. The summed E-state index contributed by atoms with van der Waals surface area (Å²) in [5.74, 6) is 0.443. The Bertz CT molecular complexity index is 628. The minimum atomic E-state index is -0.271. The summed E-state index contributed by atoms with van der Waals surface area (Å²) >= 11 is 0. The third-order valence-corrected chi connectivity index (χ3v) is 3.85. The molecule has 0 heterocycles. The van der Waals surface area contributed by atoms with E-state index in [9.17, 15) is 9.18 Å². The maximum Gasteiger partial charge on any atom is 0.150 e. The zero-order chi connectivity index (χ0) is 14.7. The molecule has 0 aromatic heterocycles. The first-order valence-electron chi connectivity index (χ1n) is 7.27. The third kappa shape index (κ3) is 3.30. The highest BCUT2D eigenvalue weighted by molar-refractivity contribution is 5.80. The van der Waals surface area contributed by atoms with Crippen molar-refractivity contribution < 1.29 is 13.9 Å². The SMILES string of the molecule is O=Cc1cc(OC2CCCC2)cc(-c2ccc(F)cc2)c1. The van der Waals surface area contributed by atoms with E-state index in [1.807, 2.05) is 6.07 Å². The lowest BCUT2D eigenvalue weighted by Crippen LogP contribution is -2.11. The molecule has 108 valence electrons. The summed E-state index contributed by atoms with van der Waals surface area (Å²) in [5, 5.41) is 0. The van der Waals surface area contributed by atoms with Gasteiger partial charge < -0.3 is 4.74 Å². The van der Waals surface area contributed by atoms with Crippen LogP contribution in [0.25, 0.3) is 11.1 Å². The molecule has 3 rings (SSSR count). The molecular weight excluding hydrogens is 267 g/mol. The van der Waals surface area contributed by atoms with Crippen LogP contribution < -0.4 is 4.74 Å². The lowest BCUT2D eigenvalue weighted by atomic mass is 10.0. The van der Waals surface area contributed by atoms with Crippen molar-refractivity contribution in [1.29, 1.82) is 0 Å². The van der Waals surface area contributed by atoms with Crippen molar-refractivity contribution in [1.82, 2.24) is 0 Å². The summed E-state index contributed by atoms with van der Waals surface area (Å²) in [4.78, 5) is 11.1. The molecule has 2 aromatic rings. The van der Waals surface area contributed by atoms with Gasteiger partial charge in [0, 0.05) is 5.56 Å². The first kappa shape index (κ1) is 13.8. The van der Waals surface area contributed by atoms with Crippen LogP contribution in [-0.2, 0) is 0 Å². The topological polar surface area (TPSA) is 26.3 Å². The van der Waals surface area contributed by atoms with Crippen molar-refractivity contribution in [2.45, 2.75) is 31.8 Å². The summed E-state index contributed by atoms with van der Waals surface area (Å²) < 4.78 is 19.0. The number of rotatable bonds is 4. The van der Waals surface area contributed by atoms with E-state index < -0.39 is 0 Å². The van der Waals surface area contributed by atoms with E-state index in [0.29, 0.717) is 11.3 Å². The van der Waals surface area contributed by atoms with Crippen molar-refractivity contribution in [3.63, 3.8) is 0 Å². The van der Waals surface area contributed by atoms with E-state index in [1.165, 1.54) is 25.0 Å². The number of benzene rings is 2. The molecule has 0 radical (unpaired) electrons. The Morgan fingerprint density at radius 2 is 1.71 bits per heavy atom. The Hall–Kier alpha value is -2.16. The Morgan fingerprint density at radius 1 is 1.00 bits per heavy atom. The predicted octanol–water partition coefficient (Wildman–Crippen LogP) is 4.63. The van der Waals surface area contributed by atoms with Gasteiger partial charge in [0.1, 0.15) is 17.9 Å². The number of carbonyl (C=O) groups excluding carboxylic acids is 1. The zero-order valence-electron chi connectivity index (χ0n) is 11.7. The maximum absolute atomic E-state index is 13.0. The van der Waals surface area contributed by atoms with E-state index in [-0.39, 0.29) is 11.9 Å². The summed E-state index contributed by atoms with van der Waals surface area (Å²) in [6.45, 7) is 0. The average molecular weight is 284 g/mol. The van der Waals surface area contributed by atoms with E-state index in [0.717, 1.165) is 30.3 Å². The van der Waals surface area contributed by atoms with E-state index in [2.05, 4.69) is 0 Å². The second-order valence-corrected chi connectivity index (χ2v) is 5.44. The molecule has 1 saturated carbocycles. The van der Waals surface area contributed by atoms with Gasteiger partial charge >= 0.3 is 0 Å². The first-order valence-corrected chi connectivity index (χ1v) is 7.27. The van der Waals surface area contributed by atoms with Gasteiger partial charge in [-0.25, -0.2) is 4.39 Å². The number of aldehydes is 1. The molecule has 0 spiro atoms. The molecule has 1 aliphatic carbocycles. The molecule has 0 N–H and O–H groups in total. The first-order chi connectivity index (χ1) is 10.2. The summed E-state index contributed by atoms with van der Waals surface area (Å²) in [5.41, 5.74) is 2.31. The molecule has 0 aliphatic heterocycles.